The van der Waals surface area contributed by atoms with E-state index in [4.69, 9.17) is 11.6 Å². The molecule has 148 valence electrons. The van der Waals surface area contributed by atoms with Crippen LogP contribution in [0.1, 0.15) is 23.3 Å². The number of aromatic nitrogens is 3. The average Bonchev–Trinajstić information content (AvgIpc) is 3.24. The van der Waals surface area contributed by atoms with Gasteiger partial charge in [0, 0.05) is 39.3 Å². The minimum absolute atomic E-state index is 0.182. The first kappa shape index (κ1) is 18.9. The highest BCUT2D eigenvalue weighted by molar-refractivity contribution is 6.34. The molecule has 9 heteroatoms. The van der Waals surface area contributed by atoms with E-state index in [0.29, 0.717) is 11.6 Å². The van der Waals surface area contributed by atoms with Gasteiger partial charge in [-0.3, -0.25) is 4.79 Å². The average molecular weight is 402 g/mol. The molecule has 2 fully saturated rings. The molecule has 0 radical (unpaired) electrons. The minimum atomic E-state index is -0.359. The molecular weight excluding hydrogens is 378 g/mol. The quantitative estimate of drug-likeness (QED) is 0.840. The van der Waals surface area contributed by atoms with Gasteiger partial charge in [0.2, 0.25) is 5.95 Å². The molecular formula is C19H24ClN7O. The zero-order chi connectivity index (χ0) is 19.5. The van der Waals surface area contributed by atoms with E-state index in [9.17, 15) is 4.79 Å². The zero-order valence-electron chi connectivity index (χ0n) is 15.9. The Bertz CT molecular complexity index is 831. The molecule has 2 aliphatic rings. The maximum Gasteiger partial charge on any atom is 0.276 e. The van der Waals surface area contributed by atoms with E-state index < -0.39 is 0 Å². The summed E-state index contributed by atoms with van der Waals surface area (Å²) < 4.78 is 0. The van der Waals surface area contributed by atoms with Gasteiger partial charge < -0.3 is 20.0 Å². The van der Waals surface area contributed by atoms with Crippen molar-refractivity contribution in [2.45, 2.75) is 12.8 Å². The maximum atomic E-state index is 12.7. The number of nitrogens with zero attached hydrogens (tertiary/aromatic N) is 6. The van der Waals surface area contributed by atoms with Crippen LogP contribution >= 0.6 is 11.6 Å². The Hall–Kier alpha value is -2.45. The molecule has 0 aromatic carbocycles. The first-order valence-corrected chi connectivity index (χ1v) is 9.96. The number of hydrogen-bond acceptors (Lipinski definition) is 7. The van der Waals surface area contributed by atoms with Crippen LogP contribution in [0, 0.1) is 0 Å². The SMILES string of the molecule is CN1CCN(c2ccc(NC(=O)c3nc(N4CCCC4)ncc3Cl)cn2)CC1. The number of carbonyl (C=O) groups is 1. The predicted molar refractivity (Wildman–Crippen MR) is 110 cm³/mol. The Labute approximate surface area is 169 Å². The van der Waals surface area contributed by atoms with Gasteiger partial charge in [0.05, 0.1) is 23.1 Å². The van der Waals surface area contributed by atoms with Crippen molar-refractivity contribution in [3.63, 3.8) is 0 Å². The molecule has 0 atom stereocenters. The van der Waals surface area contributed by atoms with Crippen molar-refractivity contribution in [2.75, 3.05) is 61.4 Å². The van der Waals surface area contributed by atoms with E-state index in [0.717, 1.165) is 57.9 Å². The fourth-order valence-corrected chi connectivity index (χ4v) is 3.64. The molecule has 2 aliphatic heterocycles. The number of hydrogen-bond donors (Lipinski definition) is 1. The monoisotopic (exact) mass is 401 g/mol. The lowest BCUT2D eigenvalue weighted by Gasteiger charge is -2.33. The van der Waals surface area contributed by atoms with Crippen LogP contribution in [-0.4, -0.2) is 72.1 Å². The number of nitrogens with one attached hydrogen (secondary N) is 1. The van der Waals surface area contributed by atoms with Crippen LogP contribution in [0.3, 0.4) is 0 Å². The van der Waals surface area contributed by atoms with Crippen molar-refractivity contribution < 1.29 is 4.79 Å². The van der Waals surface area contributed by atoms with Gasteiger partial charge in [-0.05, 0) is 32.0 Å². The highest BCUT2D eigenvalue weighted by Gasteiger charge is 2.20. The summed E-state index contributed by atoms with van der Waals surface area (Å²) in [6.45, 7) is 5.74. The molecule has 0 spiro atoms. The number of piperazine rings is 1. The Morgan fingerprint density at radius 1 is 1.00 bits per heavy atom. The van der Waals surface area contributed by atoms with Gasteiger partial charge in [0.25, 0.3) is 5.91 Å². The van der Waals surface area contributed by atoms with Gasteiger partial charge in [0.15, 0.2) is 5.69 Å². The highest BCUT2D eigenvalue weighted by atomic mass is 35.5. The van der Waals surface area contributed by atoms with Crippen LogP contribution in [0.25, 0.3) is 0 Å². The van der Waals surface area contributed by atoms with E-state index in [1.807, 2.05) is 12.1 Å². The third-order valence-electron chi connectivity index (χ3n) is 5.17. The molecule has 2 aromatic rings. The second kappa shape index (κ2) is 8.28. The van der Waals surface area contributed by atoms with Crippen molar-refractivity contribution in [2.24, 2.45) is 0 Å². The molecule has 2 aromatic heterocycles. The standard InChI is InChI=1S/C19H24ClN7O/c1-25-8-10-26(11-9-25)16-5-4-14(12-21-16)23-18(28)17-15(20)13-22-19(24-17)27-6-2-3-7-27/h4-5,12-13H,2-3,6-11H2,1H3,(H,23,28). The summed E-state index contributed by atoms with van der Waals surface area (Å²) in [5, 5.41) is 3.07. The summed E-state index contributed by atoms with van der Waals surface area (Å²) in [5.74, 6) is 1.11. The zero-order valence-corrected chi connectivity index (χ0v) is 16.7. The van der Waals surface area contributed by atoms with Gasteiger partial charge in [-0.15, -0.1) is 0 Å². The van der Waals surface area contributed by atoms with Crippen LogP contribution in [-0.2, 0) is 0 Å². The summed E-state index contributed by atoms with van der Waals surface area (Å²) >= 11 is 6.17. The minimum Gasteiger partial charge on any atom is -0.354 e. The first-order valence-electron chi connectivity index (χ1n) is 9.58. The van der Waals surface area contributed by atoms with Crippen molar-refractivity contribution >= 4 is 35.0 Å². The summed E-state index contributed by atoms with van der Waals surface area (Å²) in [7, 11) is 2.12. The number of halogens is 1. The number of carbonyl (C=O) groups excluding carboxylic acids is 1. The molecule has 0 bridgehead atoms. The molecule has 1 N–H and O–H groups in total. The second-order valence-electron chi connectivity index (χ2n) is 7.21. The van der Waals surface area contributed by atoms with E-state index in [-0.39, 0.29) is 16.6 Å². The molecule has 4 heterocycles. The number of rotatable bonds is 4. The van der Waals surface area contributed by atoms with Crippen LogP contribution in [0.15, 0.2) is 24.5 Å². The molecule has 0 unspecified atom stereocenters. The predicted octanol–water partition coefficient (Wildman–Crippen LogP) is 2.13. The number of anilines is 3. The van der Waals surface area contributed by atoms with Gasteiger partial charge in [-0.25, -0.2) is 15.0 Å². The van der Waals surface area contributed by atoms with Gasteiger partial charge in [-0.1, -0.05) is 11.6 Å². The molecule has 1 amide bonds. The van der Waals surface area contributed by atoms with E-state index in [2.05, 4.69) is 42.0 Å². The van der Waals surface area contributed by atoms with Crippen LogP contribution in [0.5, 0.6) is 0 Å². The molecule has 4 rings (SSSR count). The van der Waals surface area contributed by atoms with E-state index >= 15 is 0 Å². The molecule has 28 heavy (non-hydrogen) atoms. The molecule has 8 nitrogen and oxygen atoms in total. The van der Waals surface area contributed by atoms with Crippen LogP contribution in [0.4, 0.5) is 17.5 Å². The van der Waals surface area contributed by atoms with E-state index in [1.165, 1.54) is 6.20 Å². The Balaban J connectivity index is 1.44. The highest BCUT2D eigenvalue weighted by Crippen LogP contribution is 2.21. The Morgan fingerprint density at radius 2 is 1.75 bits per heavy atom. The van der Waals surface area contributed by atoms with E-state index in [1.54, 1.807) is 6.20 Å². The smallest absolute Gasteiger partial charge is 0.276 e. The summed E-state index contributed by atoms with van der Waals surface area (Å²) in [4.78, 5) is 32.4. The van der Waals surface area contributed by atoms with Gasteiger partial charge in [0.1, 0.15) is 5.82 Å². The van der Waals surface area contributed by atoms with Crippen molar-refractivity contribution in [3.8, 4) is 0 Å². The lowest BCUT2D eigenvalue weighted by atomic mass is 10.3. The second-order valence-corrected chi connectivity index (χ2v) is 7.62. The molecule has 0 saturated carbocycles. The molecule has 0 aliphatic carbocycles. The van der Waals surface area contributed by atoms with Crippen LogP contribution < -0.4 is 15.1 Å². The normalized spacial score (nSPS) is 17.8. The maximum absolute atomic E-state index is 12.7. The fourth-order valence-electron chi connectivity index (χ4n) is 3.46. The van der Waals surface area contributed by atoms with Gasteiger partial charge in [-0.2, -0.15) is 0 Å². The Kier molecular flexibility index (Phi) is 5.59. The van der Waals surface area contributed by atoms with Crippen molar-refractivity contribution in [3.05, 3.63) is 35.2 Å². The third-order valence-corrected chi connectivity index (χ3v) is 5.44. The first-order chi connectivity index (χ1) is 13.6. The number of likely N-dealkylation sites (N-methyl/N-ethyl adjacent to an activating group) is 1. The largest absolute Gasteiger partial charge is 0.354 e. The lowest BCUT2D eigenvalue weighted by Crippen LogP contribution is -2.44. The Morgan fingerprint density at radius 3 is 2.43 bits per heavy atom. The third kappa shape index (κ3) is 4.18. The summed E-state index contributed by atoms with van der Waals surface area (Å²) in [5.41, 5.74) is 0.794. The van der Waals surface area contributed by atoms with Gasteiger partial charge >= 0.3 is 0 Å². The number of pyridine rings is 1. The summed E-state index contributed by atoms with van der Waals surface area (Å²) in [6.07, 6.45) is 5.38. The number of amides is 1. The van der Waals surface area contributed by atoms with Crippen molar-refractivity contribution in [1.82, 2.24) is 19.9 Å². The molecule has 2 saturated heterocycles. The topological polar surface area (TPSA) is 77.5 Å². The summed E-state index contributed by atoms with van der Waals surface area (Å²) in [6, 6.07) is 3.78. The van der Waals surface area contributed by atoms with Crippen LogP contribution in [0.2, 0.25) is 5.02 Å². The van der Waals surface area contributed by atoms with Crippen molar-refractivity contribution in [1.29, 1.82) is 0 Å². The fraction of sp³-hybridized carbons (Fsp3) is 0.474. The lowest BCUT2D eigenvalue weighted by molar-refractivity contribution is 0.102.